The lowest BCUT2D eigenvalue weighted by Gasteiger charge is -2.31. The monoisotopic (exact) mass is 398 g/mol. The van der Waals surface area contributed by atoms with Gasteiger partial charge in [0.15, 0.2) is 0 Å². The Bertz CT molecular complexity index is 659. The van der Waals surface area contributed by atoms with Crippen molar-refractivity contribution in [1.29, 1.82) is 0 Å². The average molecular weight is 399 g/mol. The molecule has 156 valence electrons. The summed E-state index contributed by atoms with van der Waals surface area (Å²) in [6, 6.07) is 3.75. The summed E-state index contributed by atoms with van der Waals surface area (Å²) in [5, 5.41) is 11.0. The van der Waals surface area contributed by atoms with Crippen LogP contribution in [0.1, 0.15) is 97.3 Å². The van der Waals surface area contributed by atoms with Gasteiger partial charge < -0.3 is 14.5 Å². The maximum Gasteiger partial charge on any atom is 0.332 e. The van der Waals surface area contributed by atoms with E-state index in [1.54, 1.807) is 6.92 Å². The van der Waals surface area contributed by atoms with Crippen LogP contribution >= 0.6 is 7.60 Å². The third kappa shape index (κ3) is 7.25. The number of aromatic hydroxyl groups is 1. The van der Waals surface area contributed by atoms with Gasteiger partial charge in [0.1, 0.15) is 5.75 Å². The highest BCUT2D eigenvalue weighted by atomic mass is 31.2. The summed E-state index contributed by atoms with van der Waals surface area (Å²) in [7, 11) is -3.69. The van der Waals surface area contributed by atoms with Crippen LogP contribution in [0.15, 0.2) is 12.1 Å². The number of phenols is 1. The van der Waals surface area contributed by atoms with E-state index in [9.17, 15) is 14.6 Å². The first kappa shape index (κ1) is 24.2. The normalized spacial score (nSPS) is 15.0. The highest BCUT2D eigenvalue weighted by Gasteiger charge is 2.30. The topological polar surface area (TPSA) is 66.8 Å². The highest BCUT2D eigenvalue weighted by molar-refractivity contribution is 7.51. The van der Waals surface area contributed by atoms with E-state index in [0.29, 0.717) is 5.75 Å². The zero-order valence-corrected chi connectivity index (χ0v) is 19.2. The van der Waals surface area contributed by atoms with Gasteiger partial charge in [-0.05, 0) is 35.3 Å². The number of benzene rings is 1. The second-order valence-electron chi connectivity index (χ2n) is 9.20. The molecule has 0 fully saturated rings. The molecule has 0 spiro atoms. The second kappa shape index (κ2) is 9.58. The van der Waals surface area contributed by atoms with Gasteiger partial charge in [-0.2, -0.15) is 0 Å². The third-order valence-corrected chi connectivity index (χ3v) is 6.50. The van der Waals surface area contributed by atoms with Crippen LogP contribution < -0.4 is 0 Å². The second-order valence-corrected chi connectivity index (χ2v) is 11.0. The molecule has 0 aliphatic heterocycles. The molecular weight excluding hydrogens is 359 g/mol. The molecule has 0 aliphatic carbocycles. The van der Waals surface area contributed by atoms with Crippen molar-refractivity contribution in [1.82, 2.24) is 0 Å². The molecule has 0 saturated heterocycles. The van der Waals surface area contributed by atoms with E-state index in [4.69, 9.17) is 4.52 Å². The Balaban J connectivity index is 3.33. The van der Waals surface area contributed by atoms with Crippen LogP contribution in [-0.2, 0) is 26.1 Å². The maximum atomic E-state index is 12.3. The predicted octanol–water partition coefficient (Wildman–Crippen LogP) is 6.66. The Morgan fingerprint density at radius 2 is 1.59 bits per heavy atom. The molecule has 1 aromatic carbocycles. The summed E-state index contributed by atoms with van der Waals surface area (Å²) in [5.41, 5.74) is 1.94. The van der Waals surface area contributed by atoms with Crippen molar-refractivity contribution in [3.63, 3.8) is 0 Å². The van der Waals surface area contributed by atoms with Crippen molar-refractivity contribution in [3.05, 3.63) is 28.8 Å². The molecule has 0 amide bonds. The van der Waals surface area contributed by atoms with E-state index in [1.165, 1.54) is 19.3 Å². The Labute approximate surface area is 165 Å². The first-order valence-electron chi connectivity index (χ1n) is 10.2. The molecule has 0 heterocycles. The third-order valence-electron chi connectivity index (χ3n) is 5.08. The van der Waals surface area contributed by atoms with E-state index < -0.39 is 7.60 Å². The van der Waals surface area contributed by atoms with Crippen LogP contribution in [0.4, 0.5) is 0 Å². The van der Waals surface area contributed by atoms with Gasteiger partial charge in [0, 0.05) is 5.56 Å². The fourth-order valence-corrected chi connectivity index (χ4v) is 4.62. The fourth-order valence-electron chi connectivity index (χ4n) is 3.48. The SMILES string of the molecule is CCCCCCC(C)(C)c1cc(CP(=O)(O)OCC)cc(C(C)(C)C)c1O. The number of rotatable bonds is 10. The van der Waals surface area contributed by atoms with Gasteiger partial charge in [0.2, 0.25) is 0 Å². The molecular formula is C22H39O4P. The van der Waals surface area contributed by atoms with E-state index in [2.05, 4.69) is 20.8 Å². The first-order chi connectivity index (χ1) is 12.3. The van der Waals surface area contributed by atoms with Gasteiger partial charge in [-0.25, -0.2) is 0 Å². The molecule has 0 radical (unpaired) electrons. The van der Waals surface area contributed by atoms with Crippen LogP contribution in [0.25, 0.3) is 0 Å². The lowest BCUT2D eigenvalue weighted by atomic mass is 9.75. The Hall–Kier alpha value is -0.830. The minimum absolute atomic E-state index is 0.0386. The molecule has 1 atom stereocenters. The van der Waals surface area contributed by atoms with E-state index in [0.717, 1.165) is 29.5 Å². The number of unbranched alkanes of at least 4 members (excludes halogenated alkanes) is 3. The van der Waals surface area contributed by atoms with Crippen LogP contribution in [0, 0.1) is 0 Å². The molecule has 4 nitrogen and oxygen atoms in total. The van der Waals surface area contributed by atoms with Crippen molar-refractivity contribution in [2.75, 3.05) is 6.61 Å². The molecule has 0 aromatic heterocycles. The highest BCUT2D eigenvalue weighted by Crippen LogP contribution is 2.48. The van der Waals surface area contributed by atoms with Gasteiger partial charge in [0.05, 0.1) is 12.8 Å². The van der Waals surface area contributed by atoms with Crippen LogP contribution in [0.3, 0.4) is 0 Å². The van der Waals surface area contributed by atoms with E-state index in [1.807, 2.05) is 32.9 Å². The molecule has 5 heteroatoms. The molecule has 0 bridgehead atoms. The lowest BCUT2D eigenvalue weighted by molar-refractivity contribution is 0.272. The zero-order valence-electron chi connectivity index (χ0n) is 18.3. The lowest BCUT2D eigenvalue weighted by Crippen LogP contribution is -2.21. The predicted molar refractivity (Wildman–Crippen MR) is 114 cm³/mol. The number of hydrogen-bond acceptors (Lipinski definition) is 3. The quantitative estimate of drug-likeness (QED) is 0.342. The maximum absolute atomic E-state index is 12.3. The Morgan fingerprint density at radius 1 is 1.00 bits per heavy atom. The van der Waals surface area contributed by atoms with Gasteiger partial charge in [-0.1, -0.05) is 79.4 Å². The zero-order chi connectivity index (χ0) is 20.9. The van der Waals surface area contributed by atoms with Crippen molar-refractivity contribution >= 4 is 7.60 Å². The summed E-state index contributed by atoms with van der Waals surface area (Å²) >= 11 is 0. The summed E-state index contributed by atoms with van der Waals surface area (Å²) in [6.07, 6.45) is 5.63. The van der Waals surface area contributed by atoms with Crippen molar-refractivity contribution in [2.45, 2.75) is 97.6 Å². The van der Waals surface area contributed by atoms with E-state index >= 15 is 0 Å². The molecule has 0 saturated carbocycles. The largest absolute Gasteiger partial charge is 0.507 e. The van der Waals surface area contributed by atoms with Crippen molar-refractivity contribution in [3.8, 4) is 5.75 Å². The van der Waals surface area contributed by atoms with Crippen LogP contribution in [-0.4, -0.2) is 16.6 Å². The van der Waals surface area contributed by atoms with Gasteiger partial charge >= 0.3 is 7.60 Å². The van der Waals surface area contributed by atoms with E-state index in [-0.39, 0.29) is 23.6 Å². The van der Waals surface area contributed by atoms with Crippen molar-refractivity contribution in [2.24, 2.45) is 0 Å². The van der Waals surface area contributed by atoms with Crippen LogP contribution in [0.5, 0.6) is 5.75 Å². The minimum Gasteiger partial charge on any atom is -0.507 e. The van der Waals surface area contributed by atoms with Crippen LogP contribution in [0.2, 0.25) is 0 Å². The standard InChI is InChI=1S/C22H39O4P/c1-8-10-11-12-13-22(6,7)19-15-17(16-27(24,25)26-9-2)14-18(20(19)23)21(3,4)5/h14-15,23H,8-13,16H2,1-7H3,(H,24,25). The molecule has 1 unspecified atom stereocenters. The van der Waals surface area contributed by atoms with Gasteiger partial charge in [-0.3, -0.25) is 4.57 Å². The molecule has 1 aromatic rings. The molecule has 0 aliphatic rings. The summed E-state index contributed by atoms with van der Waals surface area (Å²) in [6.45, 7) is 14.5. The van der Waals surface area contributed by atoms with Gasteiger partial charge in [0.25, 0.3) is 0 Å². The Kier molecular flexibility index (Phi) is 8.59. The molecule has 2 N–H and O–H groups in total. The molecule has 1 rings (SSSR count). The first-order valence-corrected chi connectivity index (χ1v) is 11.9. The van der Waals surface area contributed by atoms with Crippen molar-refractivity contribution < 1.29 is 19.1 Å². The van der Waals surface area contributed by atoms with Gasteiger partial charge in [-0.15, -0.1) is 0 Å². The average Bonchev–Trinajstić information content (AvgIpc) is 2.51. The number of phenolic OH excluding ortho intramolecular Hbond substituents is 1. The summed E-state index contributed by atoms with van der Waals surface area (Å²) in [5.74, 6) is 0.316. The Morgan fingerprint density at radius 3 is 2.11 bits per heavy atom. The summed E-state index contributed by atoms with van der Waals surface area (Å²) in [4.78, 5) is 10.1. The molecule has 27 heavy (non-hydrogen) atoms. The fraction of sp³-hybridized carbons (Fsp3) is 0.727. The number of hydrogen-bond donors (Lipinski definition) is 2. The minimum atomic E-state index is -3.69. The summed E-state index contributed by atoms with van der Waals surface area (Å²) < 4.78 is 17.4. The smallest absolute Gasteiger partial charge is 0.332 e.